The summed E-state index contributed by atoms with van der Waals surface area (Å²) in [4.78, 5) is 141. The molecule has 6 saturated heterocycles. The number of methoxy groups -OCH3 is 3. The predicted octanol–water partition coefficient (Wildman–Crippen LogP) is 11.6. The Morgan fingerprint density at radius 3 is 1.18 bits per heavy atom. The second-order valence-corrected chi connectivity index (χ2v) is 34.4. The second kappa shape index (κ2) is 41.3. The molecule has 7 aliphatic rings. The van der Waals surface area contributed by atoms with Crippen LogP contribution >= 0.6 is 0 Å². The highest BCUT2D eigenvalue weighted by Crippen LogP contribution is 2.39. The summed E-state index contributed by atoms with van der Waals surface area (Å²) in [5.41, 5.74) is 10.5. The quantitative estimate of drug-likeness (QED) is 0.0531. The molecule has 1 aliphatic carbocycles. The lowest BCUT2D eigenvalue weighted by Crippen LogP contribution is -2.44. The number of piperidine rings is 3. The number of carbonyl (C=O) groups is 3. The Hall–Kier alpha value is -13.5. The fraction of sp³-hybridized carbons (Fsp3) is 0.412. The average Bonchev–Trinajstić information content (AvgIpc) is 0.771. The number of carbonyl (C=O) groups excluding carboxylic acids is 3. The molecule has 6 aliphatic heterocycles. The molecule has 6 aromatic heterocycles. The lowest BCUT2D eigenvalue weighted by atomic mass is 9.87. The van der Waals surface area contributed by atoms with Crippen LogP contribution in [0.1, 0.15) is 94.3 Å². The van der Waals surface area contributed by atoms with Crippen molar-refractivity contribution >= 4 is 103 Å². The van der Waals surface area contributed by atoms with Crippen LogP contribution in [0.15, 0.2) is 186 Å². The van der Waals surface area contributed by atoms with Crippen LogP contribution in [-0.2, 0) is 20.9 Å². The first kappa shape index (κ1) is 89.8. The van der Waals surface area contributed by atoms with Gasteiger partial charge in [0.25, 0.3) is 16.7 Å². The van der Waals surface area contributed by atoms with Crippen LogP contribution in [0.3, 0.4) is 0 Å². The van der Waals surface area contributed by atoms with Crippen LogP contribution in [-0.4, -0.2) is 266 Å². The largest absolute Gasteiger partial charge is 0.494 e. The van der Waals surface area contributed by atoms with Crippen LogP contribution in [0.4, 0.5) is 52.0 Å². The standard InChI is InChI=1S/C33H38N8O3.C32H42N8O3.C32H36N8O3/c1-4-29(42)40-14-8-9-23(21-40)22-41-31-27(35-30(32(41)43)24-10-6-5-7-11-24)20-34-33(37-31)36-26-13-12-25(19-28(26)44-3)39-17-15-38(2)16-18-39;2*1-4-28(41)39-14-8-11-24(21-39)40-30-26(34-29(31(40)42)22-9-6-5-7-10-22)20-33-32(36-30)35-25-13-12-23(19-27(25)43-3)38-17-15-37(2)16-18-38/h4-7,10-13,19-20,23H,1,8-9,14-18,21-22H2,2-3H3,(H,34,36,37);4,12-13,19-20,22,24H,1,5-11,14-18,21H2,2-3H3,(H,33,35,36);4-7,9-10,12-13,19-20,24H,1,8,11,14-18,21H2,2-3H3,(H,33,35,36)/t23-;2*24-/m011/s1. The van der Waals surface area contributed by atoms with Crippen molar-refractivity contribution in [2.24, 2.45) is 5.92 Å². The lowest BCUT2D eigenvalue weighted by molar-refractivity contribution is -0.128. The number of benzene rings is 5. The molecule has 1 saturated carbocycles. The van der Waals surface area contributed by atoms with Gasteiger partial charge in [0.05, 0.1) is 69.1 Å². The summed E-state index contributed by atoms with van der Waals surface area (Å²) in [7, 11) is 11.4. The molecule has 3 N–H and O–H groups in total. The van der Waals surface area contributed by atoms with E-state index in [-0.39, 0.29) is 58.3 Å². The van der Waals surface area contributed by atoms with E-state index in [1.165, 1.54) is 24.6 Å². The van der Waals surface area contributed by atoms with E-state index in [1.807, 2.05) is 97.1 Å². The predicted molar refractivity (Wildman–Crippen MR) is 509 cm³/mol. The molecular formula is C97H116N24O9. The van der Waals surface area contributed by atoms with E-state index in [1.54, 1.807) is 68.3 Å². The molecule has 0 radical (unpaired) electrons. The first-order valence-corrected chi connectivity index (χ1v) is 45.2. The Morgan fingerprint density at radius 1 is 0.400 bits per heavy atom. The molecule has 3 amide bonds. The van der Waals surface area contributed by atoms with Gasteiger partial charge in [-0.3, -0.25) is 42.5 Å². The van der Waals surface area contributed by atoms with Crippen molar-refractivity contribution in [1.29, 1.82) is 0 Å². The van der Waals surface area contributed by atoms with Gasteiger partial charge in [-0.05, 0) is 133 Å². The summed E-state index contributed by atoms with van der Waals surface area (Å²) in [6.45, 7) is 26.5. The zero-order valence-corrected chi connectivity index (χ0v) is 75.1. The monoisotopic (exact) mass is 1760 g/mol. The minimum Gasteiger partial charge on any atom is -0.494 e. The molecule has 0 unspecified atom stereocenters. The minimum absolute atomic E-state index is 0.0770. The average molecular weight is 1760 g/mol. The third-order valence-electron chi connectivity index (χ3n) is 25.9. The number of rotatable bonds is 22. The maximum absolute atomic E-state index is 14.2. The SMILES string of the molecule is C=CC(=O)N1CCC[C@@H](n2c(=O)c(-c3ccccc3)nc3cnc(Nc4ccc(N5CCN(C)CC5)cc4OC)nc32)C1.C=CC(=O)N1CCC[C@@H](n2c(=O)c(C3CCCCC3)nc3cnc(Nc4ccc(N5CCN(C)CC5)cc4OC)nc32)C1.C=CC(=O)N1CCC[C@H](Cn2c(=O)c(-c3ccccc3)nc3cnc(Nc4ccc(N5CCN(C)CC5)cc4OC)nc32)C1. The van der Waals surface area contributed by atoms with Crippen molar-refractivity contribution < 1.29 is 28.6 Å². The van der Waals surface area contributed by atoms with Crippen molar-refractivity contribution in [2.75, 3.05) is 191 Å². The van der Waals surface area contributed by atoms with Crippen molar-refractivity contribution in [1.82, 2.24) is 88.0 Å². The van der Waals surface area contributed by atoms with Crippen LogP contribution in [0, 0.1) is 5.92 Å². The summed E-state index contributed by atoms with van der Waals surface area (Å²) in [5, 5.41) is 9.91. The van der Waals surface area contributed by atoms with Crippen molar-refractivity contribution in [3.8, 4) is 39.8 Å². The first-order chi connectivity index (χ1) is 63.3. The summed E-state index contributed by atoms with van der Waals surface area (Å²) >= 11 is 0. The fourth-order valence-corrected chi connectivity index (χ4v) is 18.6. The van der Waals surface area contributed by atoms with E-state index >= 15 is 0 Å². The van der Waals surface area contributed by atoms with Crippen LogP contribution < -0.4 is 61.5 Å². The smallest absolute Gasteiger partial charge is 0.279 e. The molecule has 12 heterocycles. The van der Waals surface area contributed by atoms with E-state index in [4.69, 9.17) is 44.1 Å². The lowest BCUT2D eigenvalue weighted by Gasteiger charge is -2.34. The van der Waals surface area contributed by atoms with Gasteiger partial charge in [-0.25, -0.2) is 29.9 Å². The highest BCUT2D eigenvalue weighted by Gasteiger charge is 2.34. The highest BCUT2D eigenvalue weighted by atomic mass is 16.5. The number of amides is 3. The van der Waals surface area contributed by atoms with Crippen LogP contribution in [0.5, 0.6) is 17.2 Å². The molecular weight excluding hydrogens is 1650 g/mol. The number of likely N-dealkylation sites (N-methyl/N-ethyl adjacent to an activating group) is 3. The Labute approximate surface area is 756 Å². The van der Waals surface area contributed by atoms with Gasteiger partial charge in [-0.15, -0.1) is 0 Å². The molecule has 7 fully saturated rings. The van der Waals surface area contributed by atoms with Gasteiger partial charge in [-0.2, -0.15) is 15.0 Å². The molecule has 11 aromatic rings. The molecule has 0 bridgehead atoms. The number of ether oxygens (including phenoxy) is 3. The van der Waals surface area contributed by atoms with E-state index in [9.17, 15) is 28.8 Å². The maximum atomic E-state index is 14.2. The summed E-state index contributed by atoms with van der Waals surface area (Å²) in [5.74, 6) is 2.88. The normalized spacial score (nSPS) is 18.4. The van der Waals surface area contributed by atoms with Gasteiger partial charge in [-0.1, -0.05) is 99.7 Å². The number of aromatic nitrogens is 12. The fourth-order valence-electron chi connectivity index (χ4n) is 18.6. The Kier molecular flexibility index (Phi) is 28.5. The van der Waals surface area contributed by atoms with Crippen LogP contribution in [0.25, 0.3) is 56.0 Å². The third kappa shape index (κ3) is 20.4. The maximum Gasteiger partial charge on any atom is 0.279 e. The number of likely N-dealkylation sites (tertiary alicyclic amines) is 3. The molecule has 0 spiro atoms. The minimum atomic E-state index is -0.279. The number of fused-ring (bicyclic) bond motifs is 3. The number of hydrogen-bond acceptors (Lipinski definition) is 27. The van der Waals surface area contributed by atoms with Crippen molar-refractivity contribution in [3.63, 3.8) is 0 Å². The van der Waals surface area contributed by atoms with Gasteiger partial charge >= 0.3 is 0 Å². The molecule has 130 heavy (non-hydrogen) atoms. The molecule has 5 aromatic carbocycles. The molecule has 18 rings (SSSR count). The van der Waals surface area contributed by atoms with Gasteiger partial charge in [0, 0.05) is 177 Å². The topological polar surface area (TPSA) is 326 Å². The van der Waals surface area contributed by atoms with E-state index in [2.05, 4.69) is 119 Å². The number of hydrogen-bond donors (Lipinski definition) is 3. The molecule has 33 heteroatoms. The van der Waals surface area contributed by atoms with E-state index < -0.39 is 0 Å². The number of anilines is 9. The van der Waals surface area contributed by atoms with Gasteiger partial charge < -0.3 is 74.3 Å². The third-order valence-corrected chi connectivity index (χ3v) is 25.9. The van der Waals surface area contributed by atoms with Crippen LogP contribution in [0.2, 0.25) is 0 Å². The summed E-state index contributed by atoms with van der Waals surface area (Å²) in [6.07, 6.45) is 19.1. The van der Waals surface area contributed by atoms with Gasteiger partial charge in [0.2, 0.25) is 35.6 Å². The van der Waals surface area contributed by atoms with Gasteiger partial charge in [0.15, 0.2) is 16.9 Å². The zero-order chi connectivity index (χ0) is 90.5. The van der Waals surface area contributed by atoms with E-state index in [0.29, 0.717) is 143 Å². The Morgan fingerprint density at radius 2 is 0.769 bits per heavy atom. The number of nitrogens with zero attached hydrogens (tertiary/aromatic N) is 21. The van der Waals surface area contributed by atoms with Crippen molar-refractivity contribution in [3.05, 3.63) is 209 Å². The molecule has 33 nitrogen and oxygen atoms in total. The zero-order valence-electron chi connectivity index (χ0n) is 75.1. The second-order valence-electron chi connectivity index (χ2n) is 34.4. The Bertz CT molecular complexity index is 6120. The Balaban J connectivity index is 0.000000143. The number of nitrogens with one attached hydrogen (secondary N) is 3. The summed E-state index contributed by atoms with van der Waals surface area (Å²) in [6, 6.07) is 36.5. The number of piperazine rings is 3. The molecule has 678 valence electrons. The summed E-state index contributed by atoms with van der Waals surface area (Å²) < 4.78 is 22.4. The molecule has 3 atom stereocenters. The van der Waals surface area contributed by atoms with E-state index in [0.717, 1.165) is 177 Å². The first-order valence-electron chi connectivity index (χ1n) is 45.2. The van der Waals surface area contributed by atoms with Gasteiger partial charge in [0.1, 0.15) is 50.9 Å². The highest BCUT2D eigenvalue weighted by molar-refractivity contribution is 5.88. The van der Waals surface area contributed by atoms with Crippen molar-refractivity contribution in [2.45, 2.75) is 95.2 Å².